The molecule has 148 valence electrons. The van der Waals surface area contributed by atoms with Gasteiger partial charge < -0.3 is 14.2 Å². The molecule has 0 saturated carbocycles. The Balaban J connectivity index is 1.43. The third-order valence-corrected chi connectivity index (χ3v) is 4.71. The van der Waals surface area contributed by atoms with Gasteiger partial charge in [0.25, 0.3) is 5.91 Å². The molecule has 0 radical (unpaired) electrons. The molecule has 0 N–H and O–H groups in total. The van der Waals surface area contributed by atoms with Crippen molar-refractivity contribution >= 4 is 11.6 Å². The second kappa shape index (κ2) is 7.70. The highest BCUT2D eigenvalue weighted by atomic mass is 19.1. The molecule has 29 heavy (non-hydrogen) atoms. The highest BCUT2D eigenvalue weighted by Gasteiger charge is 2.28. The number of benzene rings is 2. The lowest BCUT2D eigenvalue weighted by Gasteiger charge is -2.26. The van der Waals surface area contributed by atoms with E-state index in [1.807, 2.05) is 0 Å². The van der Waals surface area contributed by atoms with Crippen molar-refractivity contribution in [1.29, 1.82) is 0 Å². The van der Waals surface area contributed by atoms with Gasteiger partial charge in [-0.3, -0.25) is 14.9 Å². The third kappa shape index (κ3) is 3.79. The van der Waals surface area contributed by atoms with Crippen molar-refractivity contribution in [3.8, 4) is 17.1 Å². The molecular weight excluding hydrogens is 381 g/mol. The summed E-state index contributed by atoms with van der Waals surface area (Å²) in [6, 6.07) is 11.8. The highest BCUT2D eigenvalue weighted by Crippen LogP contribution is 2.31. The standard InChI is InChI=1S/C20H16FN3O5/c21-14-7-5-13(6-8-14)20-15-9-10-23(11-16(15)22-29-20)19(25)12-28-18-4-2-1-3-17(18)24(26)27/h1-8H,9-12H2. The van der Waals surface area contributed by atoms with Crippen molar-refractivity contribution in [1.82, 2.24) is 10.1 Å². The second-order valence-corrected chi connectivity index (χ2v) is 6.52. The Hall–Kier alpha value is -3.75. The van der Waals surface area contributed by atoms with Crippen LogP contribution in [0.15, 0.2) is 53.1 Å². The predicted octanol–water partition coefficient (Wildman–Crippen LogP) is 3.35. The van der Waals surface area contributed by atoms with E-state index in [4.69, 9.17) is 9.26 Å². The fraction of sp³-hybridized carbons (Fsp3) is 0.200. The van der Waals surface area contributed by atoms with Crippen molar-refractivity contribution in [2.75, 3.05) is 13.2 Å². The first-order valence-electron chi connectivity index (χ1n) is 8.90. The number of carbonyl (C=O) groups is 1. The average molecular weight is 397 g/mol. The molecule has 0 spiro atoms. The normalized spacial score (nSPS) is 13.1. The highest BCUT2D eigenvalue weighted by molar-refractivity contribution is 5.78. The molecule has 0 unspecified atom stereocenters. The summed E-state index contributed by atoms with van der Waals surface area (Å²) in [5.74, 6) is -0.0236. The summed E-state index contributed by atoms with van der Waals surface area (Å²) < 4.78 is 23.9. The van der Waals surface area contributed by atoms with E-state index in [-0.39, 0.29) is 36.3 Å². The van der Waals surface area contributed by atoms with Crippen molar-refractivity contribution in [3.05, 3.63) is 75.7 Å². The Morgan fingerprint density at radius 2 is 2.00 bits per heavy atom. The molecule has 9 heteroatoms. The van der Waals surface area contributed by atoms with Crippen molar-refractivity contribution < 1.29 is 23.4 Å². The van der Waals surface area contributed by atoms with Gasteiger partial charge in [0.1, 0.15) is 11.5 Å². The Labute approximate surface area is 164 Å². The molecule has 1 aliphatic heterocycles. The number of carbonyl (C=O) groups excluding carboxylic acids is 1. The molecule has 0 atom stereocenters. The van der Waals surface area contributed by atoms with Gasteiger partial charge in [0.2, 0.25) is 0 Å². The molecule has 8 nitrogen and oxygen atoms in total. The van der Waals surface area contributed by atoms with Crippen molar-refractivity contribution in [2.24, 2.45) is 0 Å². The molecule has 0 aliphatic carbocycles. The number of nitro groups is 1. The van der Waals surface area contributed by atoms with Crippen LogP contribution in [-0.2, 0) is 17.8 Å². The minimum atomic E-state index is -0.556. The van der Waals surface area contributed by atoms with E-state index in [9.17, 15) is 19.3 Å². The van der Waals surface area contributed by atoms with E-state index in [2.05, 4.69) is 5.16 Å². The Morgan fingerprint density at radius 3 is 2.76 bits per heavy atom. The topological polar surface area (TPSA) is 98.7 Å². The van der Waals surface area contributed by atoms with Crippen molar-refractivity contribution in [2.45, 2.75) is 13.0 Å². The summed E-state index contributed by atoms with van der Waals surface area (Å²) in [6.07, 6.45) is 0.531. The molecule has 0 bridgehead atoms. The van der Waals surface area contributed by atoms with Gasteiger partial charge in [-0.1, -0.05) is 17.3 Å². The number of nitrogens with zero attached hydrogens (tertiary/aromatic N) is 3. The number of rotatable bonds is 5. The van der Waals surface area contributed by atoms with Gasteiger partial charge in [-0.2, -0.15) is 0 Å². The largest absolute Gasteiger partial charge is 0.477 e. The van der Waals surface area contributed by atoms with Crippen molar-refractivity contribution in [3.63, 3.8) is 0 Å². The molecule has 0 saturated heterocycles. The van der Waals surface area contributed by atoms with Gasteiger partial charge in [-0.25, -0.2) is 4.39 Å². The molecule has 2 aromatic carbocycles. The van der Waals surface area contributed by atoms with Crippen LogP contribution >= 0.6 is 0 Å². The summed E-state index contributed by atoms with van der Waals surface area (Å²) in [5.41, 5.74) is 2.05. The lowest BCUT2D eigenvalue weighted by Crippen LogP contribution is -2.38. The van der Waals surface area contributed by atoms with Crippen LogP contribution in [0, 0.1) is 15.9 Å². The molecule has 1 amide bonds. The number of aromatic nitrogens is 1. The van der Waals surface area contributed by atoms with E-state index >= 15 is 0 Å². The first-order chi connectivity index (χ1) is 14.0. The number of ether oxygens (including phenoxy) is 1. The minimum absolute atomic E-state index is 0.0450. The third-order valence-electron chi connectivity index (χ3n) is 4.71. The van der Waals surface area contributed by atoms with Gasteiger partial charge in [-0.15, -0.1) is 0 Å². The van der Waals surface area contributed by atoms with E-state index in [0.717, 1.165) is 11.1 Å². The van der Waals surface area contributed by atoms with E-state index in [1.54, 1.807) is 23.1 Å². The zero-order chi connectivity index (χ0) is 20.4. The molecular formula is C20H16FN3O5. The minimum Gasteiger partial charge on any atom is -0.477 e. The lowest BCUT2D eigenvalue weighted by atomic mass is 10.0. The van der Waals surface area contributed by atoms with Crippen LogP contribution in [0.4, 0.5) is 10.1 Å². The zero-order valence-electron chi connectivity index (χ0n) is 15.2. The van der Waals surface area contributed by atoms with E-state index < -0.39 is 4.92 Å². The van der Waals surface area contributed by atoms with Crippen LogP contribution < -0.4 is 4.74 Å². The van der Waals surface area contributed by atoms with Gasteiger partial charge in [0.15, 0.2) is 18.1 Å². The van der Waals surface area contributed by atoms with Crippen LogP contribution in [0.3, 0.4) is 0 Å². The van der Waals surface area contributed by atoms with Crippen LogP contribution in [0.5, 0.6) is 5.75 Å². The lowest BCUT2D eigenvalue weighted by molar-refractivity contribution is -0.385. The Morgan fingerprint density at radius 1 is 1.24 bits per heavy atom. The molecule has 1 aromatic heterocycles. The molecule has 3 aromatic rings. The van der Waals surface area contributed by atoms with Crippen LogP contribution in [-0.4, -0.2) is 34.0 Å². The van der Waals surface area contributed by atoms with Gasteiger partial charge in [0, 0.05) is 23.7 Å². The fourth-order valence-corrected chi connectivity index (χ4v) is 3.23. The van der Waals surface area contributed by atoms with E-state index in [0.29, 0.717) is 24.4 Å². The number of amides is 1. The summed E-state index contributed by atoms with van der Waals surface area (Å²) >= 11 is 0. The second-order valence-electron chi connectivity index (χ2n) is 6.52. The summed E-state index contributed by atoms with van der Waals surface area (Å²) in [7, 11) is 0. The van der Waals surface area contributed by atoms with Crippen LogP contribution in [0.25, 0.3) is 11.3 Å². The number of halogens is 1. The summed E-state index contributed by atoms with van der Waals surface area (Å²) in [6.45, 7) is 0.365. The number of fused-ring (bicyclic) bond motifs is 1. The maximum Gasteiger partial charge on any atom is 0.310 e. The zero-order valence-corrected chi connectivity index (χ0v) is 15.2. The average Bonchev–Trinajstić information content (AvgIpc) is 3.16. The molecule has 0 fully saturated rings. The number of para-hydroxylation sites is 2. The van der Waals surface area contributed by atoms with Gasteiger partial charge in [0.05, 0.1) is 11.5 Å². The van der Waals surface area contributed by atoms with Gasteiger partial charge in [-0.05, 0) is 36.8 Å². The number of nitro benzene ring substituents is 1. The molecule has 2 heterocycles. The predicted molar refractivity (Wildman–Crippen MR) is 99.6 cm³/mol. The number of hydrogen-bond donors (Lipinski definition) is 0. The fourth-order valence-electron chi connectivity index (χ4n) is 3.23. The number of hydrogen-bond acceptors (Lipinski definition) is 6. The summed E-state index contributed by atoms with van der Waals surface area (Å²) in [4.78, 5) is 24.5. The Kier molecular flexibility index (Phi) is 4.94. The quantitative estimate of drug-likeness (QED) is 0.484. The monoisotopic (exact) mass is 397 g/mol. The smallest absolute Gasteiger partial charge is 0.310 e. The molecule has 4 rings (SSSR count). The first kappa shape index (κ1) is 18.6. The maximum atomic E-state index is 13.1. The van der Waals surface area contributed by atoms with Crippen LogP contribution in [0.2, 0.25) is 0 Å². The van der Waals surface area contributed by atoms with Crippen LogP contribution in [0.1, 0.15) is 11.3 Å². The van der Waals surface area contributed by atoms with Gasteiger partial charge >= 0.3 is 5.69 Å². The molecule has 1 aliphatic rings. The van der Waals surface area contributed by atoms with E-state index in [1.165, 1.54) is 30.3 Å². The maximum absolute atomic E-state index is 13.1. The summed E-state index contributed by atoms with van der Waals surface area (Å²) in [5, 5.41) is 15.1. The SMILES string of the molecule is O=C(COc1ccccc1[N+](=O)[O-])N1CCc2c(noc2-c2ccc(F)cc2)C1. The first-order valence-corrected chi connectivity index (χ1v) is 8.90. The Bertz CT molecular complexity index is 1060.